The molecule has 0 aliphatic heterocycles. The van der Waals surface area contributed by atoms with Crippen molar-refractivity contribution < 1.29 is 4.79 Å². The highest BCUT2D eigenvalue weighted by atomic mass is 16.1. The van der Waals surface area contributed by atoms with E-state index in [0.717, 1.165) is 42.4 Å². The summed E-state index contributed by atoms with van der Waals surface area (Å²) in [5.74, 6) is 0.240. The number of nitrogens with zero attached hydrogens (tertiary/aromatic N) is 1. The molecule has 21 heavy (non-hydrogen) atoms. The van der Waals surface area contributed by atoms with Crippen LogP contribution in [-0.2, 0) is 5.41 Å². The van der Waals surface area contributed by atoms with E-state index < -0.39 is 0 Å². The van der Waals surface area contributed by atoms with E-state index >= 15 is 0 Å². The van der Waals surface area contributed by atoms with E-state index in [4.69, 9.17) is 0 Å². The molecule has 0 atom stereocenters. The first kappa shape index (κ1) is 14.0. The smallest absolute Gasteiger partial charge is 0.174 e. The minimum Gasteiger partial charge on any atom is -0.293 e. The molecule has 2 aromatic rings. The van der Waals surface area contributed by atoms with E-state index in [9.17, 15) is 4.79 Å². The Bertz CT molecular complexity index is 627. The molecule has 0 N–H and O–H groups in total. The van der Waals surface area contributed by atoms with Gasteiger partial charge in [0.1, 0.15) is 0 Å². The number of aromatic nitrogens is 1. The van der Waals surface area contributed by atoms with Crippen molar-refractivity contribution in [2.24, 2.45) is 0 Å². The highest BCUT2D eigenvalue weighted by Crippen LogP contribution is 2.41. The molecule has 0 unspecified atom stereocenters. The number of pyridine rings is 1. The monoisotopic (exact) mass is 279 g/mol. The molecule has 0 amide bonds. The molecule has 0 bridgehead atoms. The van der Waals surface area contributed by atoms with Crippen LogP contribution >= 0.6 is 0 Å². The van der Waals surface area contributed by atoms with Crippen molar-refractivity contribution in [3.8, 4) is 0 Å². The minimum absolute atomic E-state index is 0.240. The molecule has 0 radical (unpaired) electrons. The first-order valence-electron chi connectivity index (χ1n) is 7.74. The van der Waals surface area contributed by atoms with E-state index in [0.29, 0.717) is 0 Å². The van der Waals surface area contributed by atoms with Gasteiger partial charge in [-0.05, 0) is 37.0 Å². The van der Waals surface area contributed by atoms with Crippen molar-refractivity contribution in [3.63, 3.8) is 0 Å². The zero-order valence-corrected chi connectivity index (χ0v) is 12.5. The Morgan fingerprint density at radius 2 is 1.76 bits per heavy atom. The van der Waals surface area contributed by atoms with E-state index in [1.165, 1.54) is 6.42 Å². The van der Waals surface area contributed by atoms with Crippen LogP contribution in [0.15, 0.2) is 48.8 Å². The van der Waals surface area contributed by atoms with Crippen LogP contribution in [0.1, 0.15) is 53.6 Å². The van der Waals surface area contributed by atoms with Crippen LogP contribution < -0.4 is 0 Å². The van der Waals surface area contributed by atoms with Gasteiger partial charge in [0.2, 0.25) is 0 Å². The summed E-state index contributed by atoms with van der Waals surface area (Å²) in [5.41, 5.74) is 2.60. The van der Waals surface area contributed by atoms with Crippen molar-refractivity contribution in [1.82, 2.24) is 4.98 Å². The predicted molar refractivity (Wildman–Crippen MR) is 84.5 cm³/mol. The summed E-state index contributed by atoms with van der Waals surface area (Å²) in [5, 5.41) is 0. The van der Waals surface area contributed by atoms with Gasteiger partial charge in [0.25, 0.3) is 0 Å². The zero-order valence-electron chi connectivity index (χ0n) is 12.5. The Morgan fingerprint density at radius 1 is 1.05 bits per heavy atom. The molecule has 3 rings (SSSR count). The van der Waals surface area contributed by atoms with E-state index in [2.05, 4.69) is 17.1 Å². The molecule has 1 saturated carbocycles. The molecule has 1 fully saturated rings. The largest absolute Gasteiger partial charge is 0.293 e. The van der Waals surface area contributed by atoms with E-state index in [1.807, 2.05) is 31.2 Å². The molecule has 1 aliphatic carbocycles. The molecule has 0 saturated heterocycles. The van der Waals surface area contributed by atoms with Crippen LogP contribution in [0.5, 0.6) is 0 Å². The summed E-state index contributed by atoms with van der Waals surface area (Å²) in [4.78, 5) is 17.4. The third kappa shape index (κ3) is 2.63. The summed E-state index contributed by atoms with van der Waals surface area (Å²) in [6.07, 6.45) is 8.89. The van der Waals surface area contributed by atoms with Gasteiger partial charge in [-0.2, -0.15) is 0 Å². The standard InChI is InChI=1S/C19H21NO/c1-15-12-16(14-20-13-15)18(21)19(10-6-3-7-11-19)17-8-4-2-5-9-17/h2,4-5,8-9,12-14H,3,6-7,10-11H2,1H3. The second kappa shape index (κ2) is 5.80. The molecule has 0 spiro atoms. The molecular weight excluding hydrogens is 258 g/mol. The maximum atomic E-state index is 13.2. The van der Waals surface area contributed by atoms with Crippen molar-refractivity contribution in [2.45, 2.75) is 44.4 Å². The maximum Gasteiger partial charge on any atom is 0.174 e. The molecule has 1 aliphatic rings. The Morgan fingerprint density at radius 3 is 2.43 bits per heavy atom. The minimum atomic E-state index is -0.352. The van der Waals surface area contributed by atoms with Crippen molar-refractivity contribution >= 4 is 5.78 Å². The van der Waals surface area contributed by atoms with Crippen LogP contribution in [0.2, 0.25) is 0 Å². The van der Waals surface area contributed by atoms with E-state index in [-0.39, 0.29) is 11.2 Å². The van der Waals surface area contributed by atoms with Crippen molar-refractivity contribution in [2.75, 3.05) is 0 Å². The third-order valence-corrected chi connectivity index (χ3v) is 4.61. The van der Waals surface area contributed by atoms with E-state index in [1.54, 1.807) is 12.4 Å². The van der Waals surface area contributed by atoms with Gasteiger partial charge in [0, 0.05) is 18.0 Å². The number of ketones is 1. The molecule has 1 heterocycles. The lowest BCUT2D eigenvalue weighted by atomic mass is 9.65. The summed E-state index contributed by atoms with van der Waals surface area (Å²) >= 11 is 0. The summed E-state index contributed by atoms with van der Waals surface area (Å²) in [6, 6.07) is 12.3. The number of rotatable bonds is 3. The van der Waals surface area contributed by atoms with Gasteiger partial charge in [0.15, 0.2) is 5.78 Å². The summed E-state index contributed by atoms with van der Waals surface area (Å²) in [6.45, 7) is 1.99. The average Bonchev–Trinajstić information content (AvgIpc) is 2.55. The summed E-state index contributed by atoms with van der Waals surface area (Å²) in [7, 11) is 0. The first-order chi connectivity index (χ1) is 10.2. The first-order valence-corrected chi connectivity index (χ1v) is 7.74. The molecule has 108 valence electrons. The second-order valence-electron chi connectivity index (χ2n) is 6.09. The molecule has 1 aromatic carbocycles. The Balaban J connectivity index is 2.06. The lowest BCUT2D eigenvalue weighted by Gasteiger charge is -2.36. The van der Waals surface area contributed by atoms with Crippen LogP contribution in [0.3, 0.4) is 0 Å². The number of carbonyl (C=O) groups is 1. The molecular formula is C19H21NO. The molecule has 2 heteroatoms. The highest BCUT2D eigenvalue weighted by molar-refractivity contribution is 6.04. The van der Waals surface area contributed by atoms with Crippen LogP contribution in [-0.4, -0.2) is 10.8 Å². The Labute approximate surface area is 126 Å². The van der Waals surface area contributed by atoms with Gasteiger partial charge in [0.05, 0.1) is 5.41 Å². The quantitative estimate of drug-likeness (QED) is 0.776. The number of hydrogen-bond donors (Lipinski definition) is 0. The fourth-order valence-corrected chi connectivity index (χ4v) is 3.51. The van der Waals surface area contributed by atoms with Gasteiger partial charge in [-0.15, -0.1) is 0 Å². The highest BCUT2D eigenvalue weighted by Gasteiger charge is 2.41. The number of Topliss-reactive ketones (excluding diaryl/α,β-unsaturated/α-hetero) is 1. The van der Waals surface area contributed by atoms with Gasteiger partial charge in [-0.1, -0.05) is 49.6 Å². The lowest BCUT2D eigenvalue weighted by molar-refractivity contribution is 0.0839. The van der Waals surface area contributed by atoms with Crippen LogP contribution in [0, 0.1) is 6.92 Å². The number of benzene rings is 1. The Hall–Kier alpha value is -1.96. The van der Waals surface area contributed by atoms with Gasteiger partial charge in [-0.25, -0.2) is 0 Å². The number of aryl methyl sites for hydroxylation is 1. The van der Waals surface area contributed by atoms with Crippen LogP contribution in [0.25, 0.3) is 0 Å². The SMILES string of the molecule is Cc1cncc(C(=O)C2(c3ccccc3)CCCCC2)c1. The number of carbonyl (C=O) groups excluding carboxylic acids is 1. The molecule has 1 aromatic heterocycles. The second-order valence-corrected chi connectivity index (χ2v) is 6.09. The fourth-order valence-electron chi connectivity index (χ4n) is 3.51. The summed E-state index contributed by atoms with van der Waals surface area (Å²) < 4.78 is 0. The fraction of sp³-hybridized carbons (Fsp3) is 0.368. The number of hydrogen-bond acceptors (Lipinski definition) is 2. The predicted octanol–water partition coefficient (Wildman–Crippen LogP) is 4.47. The normalized spacial score (nSPS) is 17.4. The zero-order chi connectivity index (χ0) is 14.7. The topological polar surface area (TPSA) is 30.0 Å². The van der Waals surface area contributed by atoms with Crippen molar-refractivity contribution in [3.05, 3.63) is 65.5 Å². The van der Waals surface area contributed by atoms with Gasteiger partial charge in [-0.3, -0.25) is 9.78 Å². The van der Waals surface area contributed by atoms with Crippen molar-refractivity contribution in [1.29, 1.82) is 0 Å². The maximum absolute atomic E-state index is 13.2. The molecule has 2 nitrogen and oxygen atoms in total. The van der Waals surface area contributed by atoms with Crippen LogP contribution in [0.4, 0.5) is 0 Å². The van der Waals surface area contributed by atoms with Gasteiger partial charge < -0.3 is 0 Å². The average molecular weight is 279 g/mol. The lowest BCUT2D eigenvalue weighted by Crippen LogP contribution is -2.38. The Kier molecular flexibility index (Phi) is 3.87. The van der Waals surface area contributed by atoms with Gasteiger partial charge >= 0.3 is 0 Å². The third-order valence-electron chi connectivity index (χ3n) is 4.61.